The first-order chi connectivity index (χ1) is 9.66. The van der Waals surface area contributed by atoms with E-state index >= 15 is 0 Å². The highest BCUT2D eigenvalue weighted by Crippen LogP contribution is 2.20. The first kappa shape index (κ1) is 14.2. The smallest absolute Gasteiger partial charge is 0.407 e. The lowest BCUT2D eigenvalue weighted by atomic mass is 9.93. The molecule has 0 spiro atoms. The molecule has 0 atom stereocenters. The number of hydrogen-bond donors (Lipinski definition) is 1. The Kier molecular flexibility index (Phi) is 4.87. The van der Waals surface area contributed by atoms with E-state index in [4.69, 9.17) is 5.11 Å². The van der Waals surface area contributed by atoms with Crippen molar-refractivity contribution in [1.82, 2.24) is 9.88 Å². The highest BCUT2D eigenvalue weighted by Gasteiger charge is 2.21. The molecule has 0 unspecified atom stereocenters. The normalized spacial score (nSPS) is 16.5. The molecule has 5 heteroatoms. The van der Waals surface area contributed by atoms with Crippen molar-refractivity contribution in [2.24, 2.45) is 5.92 Å². The van der Waals surface area contributed by atoms with Gasteiger partial charge in [0, 0.05) is 31.0 Å². The van der Waals surface area contributed by atoms with Gasteiger partial charge in [0.05, 0.1) is 0 Å². The Morgan fingerprint density at radius 2 is 1.95 bits per heavy atom. The number of pyridine rings is 1. The summed E-state index contributed by atoms with van der Waals surface area (Å²) in [5, 5.41) is 8.86. The van der Waals surface area contributed by atoms with E-state index in [9.17, 15) is 9.59 Å². The van der Waals surface area contributed by atoms with Gasteiger partial charge in [-0.15, -0.1) is 0 Å². The summed E-state index contributed by atoms with van der Waals surface area (Å²) in [6.45, 7) is 1.18. The van der Waals surface area contributed by atoms with Gasteiger partial charge in [-0.2, -0.15) is 0 Å². The fraction of sp³-hybridized carbons (Fsp3) is 0.400. The highest BCUT2D eigenvalue weighted by atomic mass is 16.4. The average Bonchev–Trinajstić information content (AvgIpc) is 2.48. The fourth-order valence-electron chi connectivity index (χ4n) is 2.34. The molecule has 2 heterocycles. The first-order valence-corrected chi connectivity index (χ1v) is 6.75. The highest BCUT2D eigenvalue weighted by molar-refractivity contribution is 6.04. The van der Waals surface area contributed by atoms with Gasteiger partial charge < -0.3 is 10.0 Å². The number of piperidine rings is 1. The minimum atomic E-state index is -0.841. The van der Waals surface area contributed by atoms with Crippen molar-refractivity contribution in [3.8, 4) is 0 Å². The van der Waals surface area contributed by atoms with Crippen molar-refractivity contribution < 1.29 is 14.7 Å². The molecule has 0 aromatic carbocycles. The Labute approximate surface area is 117 Å². The van der Waals surface area contributed by atoms with E-state index in [1.165, 1.54) is 4.90 Å². The molecule has 1 aliphatic rings. The third-order valence-electron chi connectivity index (χ3n) is 3.59. The largest absolute Gasteiger partial charge is 0.465 e. The van der Waals surface area contributed by atoms with Gasteiger partial charge in [-0.1, -0.05) is 6.08 Å². The van der Waals surface area contributed by atoms with Crippen LogP contribution in [0, 0.1) is 5.92 Å². The number of allylic oxidation sites excluding steroid dienone is 2. The molecule has 106 valence electrons. The van der Waals surface area contributed by atoms with Gasteiger partial charge >= 0.3 is 6.09 Å². The number of amides is 1. The average molecular weight is 274 g/mol. The lowest BCUT2D eigenvalue weighted by Crippen LogP contribution is -2.37. The topological polar surface area (TPSA) is 70.5 Å². The van der Waals surface area contributed by atoms with Crippen LogP contribution in [0.5, 0.6) is 0 Å². The van der Waals surface area contributed by atoms with E-state index < -0.39 is 6.09 Å². The summed E-state index contributed by atoms with van der Waals surface area (Å²) >= 11 is 0. The van der Waals surface area contributed by atoms with Crippen LogP contribution in [0.2, 0.25) is 0 Å². The Morgan fingerprint density at radius 3 is 2.55 bits per heavy atom. The third kappa shape index (κ3) is 3.91. The number of rotatable bonds is 4. The summed E-state index contributed by atoms with van der Waals surface area (Å²) in [6.07, 6.45) is 8.39. The molecule has 0 bridgehead atoms. The van der Waals surface area contributed by atoms with Gasteiger partial charge in [-0.25, -0.2) is 4.79 Å². The summed E-state index contributed by atoms with van der Waals surface area (Å²) in [7, 11) is 0. The van der Waals surface area contributed by atoms with Crippen LogP contribution in [-0.4, -0.2) is 40.0 Å². The number of nitrogens with zero attached hydrogens (tertiary/aromatic N) is 2. The maximum atomic E-state index is 11.8. The summed E-state index contributed by atoms with van der Waals surface area (Å²) in [4.78, 5) is 27.9. The number of carbonyl (C=O) groups excluding carboxylic acids is 1. The van der Waals surface area contributed by atoms with Crippen LogP contribution in [0.15, 0.2) is 36.7 Å². The molecule has 20 heavy (non-hydrogen) atoms. The van der Waals surface area contributed by atoms with Gasteiger partial charge in [0.2, 0.25) is 0 Å². The van der Waals surface area contributed by atoms with Crippen molar-refractivity contribution in [3.63, 3.8) is 0 Å². The van der Waals surface area contributed by atoms with Gasteiger partial charge in [-0.05, 0) is 43.4 Å². The third-order valence-corrected chi connectivity index (χ3v) is 3.59. The van der Waals surface area contributed by atoms with Gasteiger partial charge in [0.1, 0.15) is 0 Å². The molecule has 1 saturated heterocycles. The molecule has 1 N–H and O–H groups in total. The quantitative estimate of drug-likeness (QED) is 0.676. The molecule has 2 rings (SSSR count). The van der Waals surface area contributed by atoms with Crippen molar-refractivity contribution in [2.75, 3.05) is 13.1 Å². The van der Waals surface area contributed by atoms with E-state index in [1.807, 2.05) is 6.08 Å². The van der Waals surface area contributed by atoms with E-state index in [1.54, 1.807) is 30.6 Å². The molecule has 1 aromatic rings. The van der Waals surface area contributed by atoms with Crippen molar-refractivity contribution in [2.45, 2.75) is 19.3 Å². The van der Waals surface area contributed by atoms with Gasteiger partial charge in [0.25, 0.3) is 0 Å². The number of ketones is 1. The minimum Gasteiger partial charge on any atom is -0.465 e. The molecular weight excluding hydrogens is 256 g/mol. The van der Waals surface area contributed by atoms with Crippen molar-refractivity contribution in [3.05, 3.63) is 42.2 Å². The number of carboxylic acid groups (broad SMARTS) is 1. The van der Waals surface area contributed by atoms with Gasteiger partial charge in [0.15, 0.2) is 5.78 Å². The second-order valence-electron chi connectivity index (χ2n) is 4.95. The van der Waals surface area contributed by atoms with E-state index in [2.05, 4.69) is 4.98 Å². The SMILES string of the molecule is O=C(/C=C\CC1CCN(C(=O)O)CC1)c1ccncc1. The molecule has 0 aliphatic carbocycles. The molecule has 1 aliphatic heterocycles. The zero-order valence-corrected chi connectivity index (χ0v) is 11.2. The van der Waals surface area contributed by atoms with E-state index in [0.717, 1.165) is 19.3 Å². The standard InChI is InChI=1S/C15H18N2O3/c18-14(13-4-8-16-9-5-13)3-1-2-12-6-10-17(11-7-12)15(19)20/h1,3-5,8-9,12H,2,6-7,10-11H2,(H,19,20)/b3-1-. The predicted molar refractivity (Wildman–Crippen MR) is 74.6 cm³/mol. The van der Waals surface area contributed by atoms with Crippen molar-refractivity contribution in [1.29, 1.82) is 0 Å². The fourth-order valence-corrected chi connectivity index (χ4v) is 2.34. The Hall–Kier alpha value is -2.17. The zero-order chi connectivity index (χ0) is 14.4. The van der Waals surface area contributed by atoms with Gasteiger partial charge in [-0.3, -0.25) is 9.78 Å². The number of hydrogen-bond acceptors (Lipinski definition) is 3. The van der Waals surface area contributed by atoms with Crippen LogP contribution in [0.4, 0.5) is 4.79 Å². The Morgan fingerprint density at radius 1 is 1.30 bits per heavy atom. The van der Waals surface area contributed by atoms with Crippen LogP contribution < -0.4 is 0 Å². The second-order valence-corrected chi connectivity index (χ2v) is 4.95. The van der Waals surface area contributed by atoms with Crippen LogP contribution >= 0.6 is 0 Å². The second kappa shape index (κ2) is 6.84. The summed E-state index contributed by atoms with van der Waals surface area (Å²) < 4.78 is 0. The zero-order valence-electron chi connectivity index (χ0n) is 11.2. The number of likely N-dealkylation sites (tertiary alicyclic amines) is 1. The Bertz CT molecular complexity index is 491. The molecule has 1 aromatic heterocycles. The lowest BCUT2D eigenvalue weighted by molar-refractivity contribution is 0.104. The number of carbonyl (C=O) groups is 2. The molecule has 1 amide bonds. The number of aromatic nitrogens is 1. The van der Waals surface area contributed by atoms with Crippen LogP contribution in [0.1, 0.15) is 29.6 Å². The maximum Gasteiger partial charge on any atom is 0.407 e. The monoisotopic (exact) mass is 274 g/mol. The van der Waals surface area contributed by atoms with E-state index in [0.29, 0.717) is 24.6 Å². The first-order valence-electron chi connectivity index (χ1n) is 6.75. The summed E-state index contributed by atoms with van der Waals surface area (Å²) in [6, 6.07) is 3.38. The van der Waals surface area contributed by atoms with Crippen LogP contribution in [-0.2, 0) is 0 Å². The lowest BCUT2D eigenvalue weighted by Gasteiger charge is -2.29. The summed E-state index contributed by atoms with van der Waals surface area (Å²) in [5.41, 5.74) is 0.636. The molecule has 0 radical (unpaired) electrons. The van der Waals surface area contributed by atoms with E-state index in [-0.39, 0.29) is 5.78 Å². The molecule has 0 saturated carbocycles. The molecular formula is C15H18N2O3. The van der Waals surface area contributed by atoms with Crippen LogP contribution in [0.25, 0.3) is 0 Å². The Balaban J connectivity index is 1.77. The minimum absolute atomic E-state index is 0.0182. The van der Waals surface area contributed by atoms with Crippen molar-refractivity contribution >= 4 is 11.9 Å². The summed E-state index contributed by atoms with van der Waals surface area (Å²) in [5.74, 6) is 0.447. The molecule has 1 fully saturated rings. The maximum absolute atomic E-state index is 11.8. The van der Waals surface area contributed by atoms with Crippen LogP contribution in [0.3, 0.4) is 0 Å². The predicted octanol–water partition coefficient (Wildman–Crippen LogP) is 2.60. The molecule has 5 nitrogen and oxygen atoms in total.